The fraction of sp³-hybridized carbons (Fsp3) is 0.650. The molecular formula is C20H29N5O. The summed E-state index contributed by atoms with van der Waals surface area (Å²) in [6, 6.07) is 3.51. The standard InChI is InChI=1S/C20H29N5O/c1-20(2,3)17-7-8-19(26)25(22-17)12-15-10-23(11-15)13-16-14-24-9-5-4-6-18(24)21-16/h7-8,14-15H,4-6,9-13H2,1-3H3. The van der Waals surface area contributed by atoms with Gasteiger partial charge in [-0.15, -0.1) is 0 Å². The van der Waals surface area contributed by atoms with Crippen LogP contribution in [0.25, 0.3) is 0 Å². The van der Waals surface area contributed by atoms with Crippen molar-refractivity contribution < 1.29 is 0 Å². The lowest BCUT2D eigenvalue weighted by Gasteiger charge is -2.38. The zero-order valence-electron chi connectivity index (χ0n) is 16.1. The number of rotatable bonds is 4. The first-order valence-corrected chi connectivity index (χ1v) is 9.74. The van der Waals surface area contributed by atoms with Gasteiger partial charge in [0.1, 0.15) is 5.82 Å². The Balaban J connectivity index is 1.34. The summed E-state index contributed by atoms with van der Waals surface area (Å²) in [7, 11) is 0. The number of hydrogen-bond acceptors (Lipinski definition) is 4. The van der Waals surface area contributed by atoms with Crippen LogP contribution < -0.4 is 5.56 Å². The predicted octanol–water partition coefficient (Wildman–Crippen LogP) is 2.21. The molecule has 0 aliphatic carbocycles. The van der Waals surface area contributed by atoms with Crippen molar-refractivity contribution in [2.24, 2.45) is 5.92 Å². The molecule has 0 spiro atoms. The van der Waals surface area contributed by atoms with Crippen LogP contribution in [-0.4, -0.2) is 37.3 Å². The average Bonchev–Trinajstić information content (AvgIpc) is 2.96. The van der Waals surface area contributed by atoms with Crippen molar-refractivity contribution in [1.82, 2.24) is 24.2 Å². The number of nitrogens with zero attached hydrogens (tertiary/aromatic N) is 5. The van der Waals surface area contributed by atoms with Crippen LogP contribution in [0, 0.1) is 5.92 Å². The summed E-state index contributed by atoms with van der Waals surface area (Å²) in [5.41, 5.74) is 2.11. The molecule has 140 valence electrons. The van der Waals surface area contributed by atoms with E-state index < -0.39 is 0 Å². The van der Waals surface area contributed by atoms with Crippen LogP contribution in [0.4, 0.5) is 0 Å². The van der Waals surface area contributed by atoms with Gasteiger partial charge in [0.2, 0.25) is 0 Å². The number of aryl methyl sites for hydroxylation is 2. The van der Waals surface area contributed by atoms with Crippen LogP contribution in [-0.2, 0) is 31.5 Å². The Labute approximate surface area is 154 Å². The third-order valence-corrected chi connectivity index (χ3v) is 5.44. The molecule has 0 amide bonds. The maximum atomic E-state index is 12.1. The van der Waals surface area contributed by atoms with E-state index in [0.29, 0.717) is 12.5 Å². The largest absolute Gasteiger partial charge is 0.335 e. The molecule has 26 heavy (non-hydrogen) atoms. The molecule has 1 fully saturated rings. The number of fused-ring (bicyclic) bond motifs is 1. The van der Waals surface area contributed by atoms with Crippen molar-refractivity contribution in [2.75, 3.05) is 13.1 Å². The summed E-state index contributed by atoms with van der Waals surface area (Å²) in [5, 5.41) is 4.59. The minimum Gasteiger partial charge on any atom is -0.335 e. The molecule has 0 aromatic carbocycles. The first kappa shape index (κ1) is 17.5. The molecule has 0 unspecified atom stereocenters. The van der Waals surface area contributed by atoms with Crippen LogP contribution in [0.1, 0.15) is 50.8 Å². The van der Waals surface area contributed by atoms with Crippen molar-refractivity contribution in [2.45, 2.75) is 65.1 Å². The number of hydrogen-bond donors (Lipinski definition) is 0. The van der Waals surface area contributed by atoms with E-state index in [-0.39, 0.29) is 11.0 Å². The molecule has 0 saturated carbocycles. The van der Waals surface area contributed by atoms with Gasteiger partial charge in [0.05, 0.1) is 17.9 Å². The van der Waals surface area contributed by atoms with E-state index >= 15 is 0 Å². The Kier molecular flexibility index (Phi) is 4.47. The van der Waals surface area contributed by atoms with Gasteiger partial charge in [0.25, 0.3) is 5.56 Å². The zero-order chi connectivity index (χ0) is 18.3. The fourth-order valence-corrected chi connectivity index (χ4v) is 3.92. The number of aromatic nitrogens is 4. The third kappa shape index (κ3) is 3.61. The van der Waals surface area contributed by atoms with Gasteiger partial charge in [-0.05, 0) is 18.9 Å². The van der Waals surface area contributed by atoms with Crippen molar-refractivity contribution in [3.8, 4) is 0 Å². The monoisotopic (exact) mass is 355 g/mol. The van der Waals surface area contributed by atoms with Gasteiger partial charge in [-0.2, -0.15) is 5.10 Å². The first-order chi connectivity index (χ1) is 12.4. The first-order valence-electron chi connectivity index (χ1n) is 9.74. The van der Waals surface area contributed by atoms with E-state index in [0.717, 1.165) is 38.3 Å². The maximum Gasteiger partial charge on any atom is 0.266 e. The molecule has 2 aliphatic heterocycles. The molecule has 0 N–H and O–H groups in total. The lowest BCUT2D eigenvalue weighted by atomic mass is 9.92. The molecule has 0 bridgehead atoms. The third-order valence-electron chi connectivity index (χ3n) is 5.44. The molecule has 4 heterocycles. The Bertz CT molecular complexity index is 815. The van der Waals surface area contributed by atoms with Crippen molar-refractivity contribution in [3.05, 3.63) is 45.9 Å². The molecular weight excluding hydrogens is 326 g/mol. The highest BCUT2D eigenvalue weighted by molar-refractivity contribution is 5.11. The summed E-state index contributed by atoms with van der Waals surface area (Å²) < 4.78 is 3.97. The highest BCUT2D eigenvalue weighted by Crippen LogP contribution is 2.22. The molecule has 6 heteroatoms. The van der Waals surface area contributed by atoms with E-state index in [9.17, 15) is 4.79 Å². The Morgan fingerprint density at radius 2 is 2.00 bits per heavy atom. The smallest absolute Gasteiger partial charge is 0.266 e. The van der Waals surface area contributed by atoms with Gasteiger partial charge < -0.3 is 4.57 Å². The van der Waals surface area contributed by atoms with Crippen molar-refractivity contribution in [3.63, 3.8) is 0 Å². The van der Waals surface area contributed by atoms with Gasteiger partial charge in [-0.25, -0.2) is 9.67 Å². The maximum absolute atomic E-state index is 12.1. The van der Waals surface area contributed by atoms with Crippen molar-refractivity contribution in [1.29, 1.82) is 0 Å². The van der Waals surface area contributed by atoms with Gasteiger partial charge in [0, 0.05) is 56.2 Å². The normalized spacial score (nSPS) is 18.6. The summed E-state index contributed by atoms with van der Waals surface area (Å²) in [6.07, 6.45) is 5.86. The molecule has 1 saturated heterocycles. The second-order valence-electron chi connectivity index (χ2n) is 8.85. The summed E-state index contributed by atoms with van der Waals surface area (Å²) in [6.45, 7) is 11.1. The van der Waals surface area contributed by atoms with E-state index in [2.05, 4.69) is 41.5 Å². The summed E-state index contributed by atoms with van der Waals surface area (Å²) in [4.78, 5) is 19.3. The molecule has 2 aromatic heterocycles. The van der Waals surface area contributed by atoms with Gasteiger partial charge >= 0.3 is 0 Å². The topological polar surface area (TPSA) is 56.0 Å². The van der Waals surface area contributed by atoms with Crippen molar-refractivity contribution >= 4 is 0 Å². The second-order valence-corrected chi connectivity index (χ2v) is 8.85. The van der Waals surface area contributed by atoms with E-state index in [4.69, 9.17) is 4.98 Å². The highest BCUT2D eigenvalue weighted by atomic mass is 16.1. The van der Waals surface area contributed by atoms with Crippen LogP contribution in [0.2, 0.25) is 0 Å². The van der Waals surface area contributed by atoms with Crippen LogP contribution >= 0.6 is 0 Å². The van der Waals surface area contributed by atoms with Gasteiger partial charge in [0.15, 0.2) is 0 Å². The minimum atomic E-state index is -0.0403. The molecule has 6 nitrogen and oxygen atoms in total. The quantitative estimate of drug-likeness (QED) is 0.844. The molecule has 2 aromatic rings. The Morgan fingerprint density at radius 3 is 2.73 bits per heavy atom. The van der Waals surface area contributed by atoms with E-state index in [1.165, 1.54) is 24.4 Å². The summed E-state index contributed by atoms with van der Waals surface area (Å²) >= 11 is 0. The molecule has 0 radical (unpaired) electrons. The predicted molar refractivity (Wildman–Crippen MR) is 101 cm³/mol. The Hall–Kier alpha value is -1.95. The van der Waals surface area contributed by atoms with Crippen LogP contribution in [0.3, 0.4) is 0 Å². The second kappa shape index (κ2) is 6.65. The lowest BCUT2D eigenvalue weighted by molar-refractivity contribution is 0.0752. The molecule has 0 atom stereocenters. The lowest BCUT2D eigenvalue weighted by Crippen LogP contribution is -2.49. The fourth-order valence-electron chi connectivity index (χ4n) is 3.92. The zero-order valence-corrected chi connectivity index (χ0v) is 16.1. The van der Waals surface area contributed by atoms with E-state index in [1.54, 1.807) is 10.7 Å². The van der Waals surface area contributed by atoms with Gasteiger partial charge in [-0.1, -0.05) is 20.8 Å². The van der Waals surface area contributed by atoms with Crippen LogP contribution in [0.15, 0.2) is 23.1 Å². The molecule has 4 rings (SSSR count). The summed E-state index contributed by atoms with van der Waals surface area (Å²) in [5.74, 6) is 1.74. The minimum absolute atomic E-state index is 0.00164. The Morgan fingerprint density at radius 1 is 1.19 bits per heavy atom. The van der Waals surface area contributed by atoms with E-state index in [1.807, 2.05) is 6.07 Å². The molecule has 2 aliphatic rings. The SMILES string of the molecule is CC(C)(C)c1ccc(=O)n(CC2CN(Cc3cn4c(n3)CCCC4)C2)n1. The number of imidazole rings is 1. The highest BCUT2D eigenvalue weighted by Gasteiger charge is 2.29. The average molecular weight is 355 g/mol. The van der Waals surface area contributed by atoms with Crippen LogP contribution in [0.5, 0.6) is 0 Å². The number of likely N-dealkylation sites (tertiary alicyclic amines) is 1. The van der Waals surface area contributed by atoms with Gasteiger partial charge in [-0.3, -0.25) is 9.69 Å².